The summed E-state index contributed by atoms with van der Waals surface area (Å²) < 4.78 is 26.7. The molecule has 1 saturated heterocycles. The van der Waals surface area contributed by atoms with Crippen LogP contribution in [0.25, 0.3) is 6.08 Å². The van der Waals surface area contributed by atoms with E-state index < -0.39 is 71.7 Å². The molecule has 14 heteroatoms. The number of nitrogens with zero attached hydrogens (tertiary/aromatic N) is 1. The highest BCUT2D eigenvalue weighted by molar-refractivity contribution is 7.16. The second kappa shape index (κ2) is 12.9. The molecule has 0 aliphatic carbocycles. The van der Waals surface area contributed by atoms with E-state index in [0.29, 0.717) is 4.88 Å². The molecule has 1 aromatic rings. The number of carbonyl (C=O) groups excluding carboxylic acids is 5. The van der Waals surface area contributed by atoms with Crippen molar-refractivity contribution in [2.45, 2.75) is 64.6 Å². The maximum absolute atomic E-state index is 12.7. The first kappa shape index (κ1) is 28.6. The van der Waals surface area contributed by atoms with E-state index in [1.165, 1.54) is 24.3 Å². The van der Waals surface area contributed by atoms with Gasteiger partial charge in [-0.1, -0.05) is 11.3 Å². The largest absolute Gasteiger partial charge is 0.463 e. The van der Waals surface area contributed by atoms with Crippen LogP contribution in [-0.4, -0.2) is 71.7 Å². The Morgan fingerprint density at radius 3 is 1.97 bits per heavy atom. The van der Waals surface area contributed by atoms with Crippen molar-refractivity contribution in [2.24, 2.45) is 0 Å². The summed E-state index contributed by atoms with van der Waals surface area (Å²) in [4.78, 5) is 70.2. The fourth-order valence-electron chi connectivity index (χ4n) is 3.45. The summed E-state index contributed by atoms with van der Waals surface area (Å²) in [6.07, 6.45) is -4.19. The van der Waals surface area contributed by atoms with Crippen molar-refractivity contribution < 1.29 is 52.6 Å². The summed E-state index contributed by atoms with van der Waals surface area (Å²) in [5.41, 5.74) is 0. The van der Waals surface area contributed by atoms with Crippen LogP contribution in [0.2, 0.25) is 0 Å². The third-order valence-corrected chi connectivity index (χ3v) is 5.72. The highest BCUT2D eigenvalue weighted by Gasteiger charge is 2.52. The summed E-state index contributed by atoms with van der Waals surface area (Å²) in [6, 6.07) is 2.77. The fraction of sp³-hybridized carbons (Fsp3) is 0.500. The number of thiophene rings is 1. The third kappa shape index (κ3) is 8.53. The van der Waals surface area contributed by atoms with E-state index in [2.05, 4.69) is 0 Å². The molecule has 0 aromatic carbocycles. The number of hydrogen-bond acceptors (Lipinski definition) is 13. The van der Waals surface area contributed by atoms with Crippen molar-refractivity contribution in [3.05, 3.63) is 33.2 Å². The van der Waals surface area contributed by atoms with Crippen molar-refractivity contribution in [1.82, 2.24) is 0 Å². The Morgan fingerprint density at radius 1 is 0.917 bits per heavy atom. The van der Waals surface area contributed by atoms with Gasteiger partial charge in [0.2, 0.25) is 0 Å². The SMILES string of the molecule is CC(=O)OC[C@H]1O[C@@H](CC(=O)/C=C/c2ccc([N+](=O)[O-])s2)[C@H](OC(C)=O)[C@@H](OC(C)=O)[C@@H]1OC(C)=O. The average molecular weight is 528 g/mol. The van der Waals surface area contributed by atoms with Gasteiger partial charge in [-0.05, 0) is 18.2 Å². The normalized spacial score (nSPS) is 23.5. The number of esters is 4. The quantitative estimate of drug-likeness (QED) is 0.142. The predicted molar refractivity (Wildman–Crippen MR) is 122 cm³/mol. The molecule has 2 rings (SSSR count). The van der Waals surface area contributed by atoms with Gasteiger partial charge < -0.3 is 23.7 Å². The van der Waals surface area contributed by atoms with E-state index >= 15 is 0 Å². The summed E-state index contributed by atoms with van der Waals surface area (Å²) in [7, 11) is 0. The molecule has 0 saturated carbocycles. The lowest BCUT2D eigenvalue weighted by Crippen LogP contribution is -2.62. The van der Waals surface area contributed by atoms with Crippen LogP contribution in [0.3, 0.4) is 0 Å². The molecule has 196 valence electrons. The summed E-state index contributed by atoms with van der Waals surface area (Å²) in [6.45, 7) is 4.03. The Hall–Kier alpha value is -3.65. The lowest BCUT2D eigenvalue weighted by molar-refractivity contribution is -0.380. The Balaban J connectivity index is 2.34. The Morgan fingerprint density at radius 2 is 1.47 bits per heavy atom. The molecule has 0 bridgehead atoms. The zero-order valence-electron chi connectivity index (χ0n) is 19.9. The minimum Gasteiger partial charge on any atom is -0.463 e. The summed E-state index contributed by atoms with van der Waals surface area (Å²) >= 11 is 0.868. The number of rotatable bonds is 10. The lowest BCUT2D eigenvalue weighted by Gasteiger charge is -2.44. The van der Waals surface area contributed by atoms with Gasteiger partial charge in [-0.25, -0.2) is 0 Å². The van der Waals surface area contributed by atoms with E-state index in [-0.39, 0.29) is 11.4 Å². The molecule has 0 spiro atoms. The van der Waals surface area contributed by atoms with Crippen LogP contribution in [0.5, 0.6) is 0 Å². The van der Waals surface area contributed by atoms with Crippen LogP contribution in [-0.2, 0) is 47.7 Å². The van der Waals surface area contributed by atoms with Crippen LogP contribution in [0.15, 0.2) is 18.2 Å². The first-order chi connectivity index (χ1) is 16.9. The van der Waals surface area contributed by atoms with Crippen LogP contribution in [0.4, 0.5) is 5.00 Å². The smallest absolute Gasteiger partial charge is 0.324 e. The van der Waals surface area contributed by atoms with E-state index in [4.69, 9.17) is 23.7 Å². The molecule has 0 unspecified atom stereocenters. The predicted octanol–water partition coefficient (Wildman–Crippen LogP) is 1.75. The Labute approximate surface area is 209 Å². The third-order valence-electron chi connectivity index (χ3n) is 4.72. The molecule has 0 amide bonds. The average Bonchev–Trinajstić information content (AvgIpc) is 3.23. The minimum absolute atomic E-state index is 0.0957. The van der Waals surface area contributed by atoms with Crippen molar-refractivity contribution in [1.29, 1.82) is 0 Å². The van der Waals surface area contributed by atoms with Gasteiger partial charge in [0.25, 0.3) is 0 Å². The molecule has 1 aliphatic rings. The van der Waals surface area contributed by atoms with Gasteiger partial charge >= 0.3 is 28.9 Å². The van der Waals surface area contributed by atoms with Crippen LogP contribution in [0, 0.1) is 10.1 Å². The van der Waals surface area contributed by atoms with Gasteiger partial charge in [0.15, 0.2) is 24.1 Å². The van der Waals surface area contributed by atoms with Crippen molar-refractivity contribution in [3.8, 4) is 0 Å². The van der Waals surface area contributed by atoms with E-state index in [9.17, 15) is 34.1 Å². The molecule has 1 aliphatic heterocycles. The second-order valence-electron chi connectivity index (χ2n) is 7.67. The maximum atomic E-state index is 12.7. The Bertz CT molecular complexity index is 1050. The topological polar surface area (TPSA) is 175 Å². The van der Waals surface area contributed by atoms with Crippen LogP contribution in [0.1, 0.15) is 39.0 Å². The van der Waals surface area contributed by atoms with Gasteiger partial charge in [-0.3, -0.25) is 34.1 Å². The van der Waals surface area contributed by atoms with Crippen LogP contribution >= 0.6 is 11.3 Å². The number of carbonyl (C=O) groups is 5. The first-order valence-corrected chi connectivity index (χ1v) is 11.4. The minimum atomic E-state index is -1.37. The molecular formula is C22H25NO12S. The van der Waals surface area contributed by atoms with Gasteiger partial charge in [0.05, 0.1) is 4.92 Å². The molecule has 1 fully saturated rings. The molecule has 0 radical (unpaired) electrons. The van der Waals surface area contributed by atoms with Gasteiger partial charge in [-0.2, -0.15) is 0 Å². The van der Waals surface area contributed by atoms with Crippen molar-refractivity contribution >= 4 is 52.1 Å². The van der Waals surface area contributed by atoms with Crippen molar-refractivity contribution in [2.75, 3.05) is 6.61 Å². The molecule has 36 heavy (non-hydrogen) atoms. The van der Waals surface area contributed by atoms with Gasteiger partial charge in [0, 0.05) is 45.1 Å². The zero-order valence-corrected chi connectivity index (χ0v) is 20.7. The highest BCUT2D eigenvalue weighted by atomic mass is 32.1. The number of allylic oxidation sites excluding steroid dienone is 1. The molecule has 0 N–H and O–H groups in total. The highest BCUT2D eigenvalue weighted by Crippen LogP contribution is 2.31. The first-order valence-electron chi connectivity index (χ1n) is 10.6. The maximum Gasteiger partial charge on any atom is 0.324 e. The monoisotopic (exact) mass is 527 g/mol. The summed E-state index contributed by atoms with van der Waals surface area (Å²) in [5, 5.41) is 10.7. The number of ether oxygens (including phenoxy) is 5. The van der Waals surface area contributed by atoms with Gasteiger partial charge in [-0.15, -0.1) is 0 Å². The molecule has 5 atom stereocenters. The fourth-order valence-corrected chi connectivity index (χ4v) is 4.18. The number of ketones is 1. The number of nitro groups is 1. The summed E-state index contributed by atoms with van der Waals surface area (Å²) in [5.74, 6) is -3.50. The standard InChI is InChI=1S/C22H25NO12S/c1-11(24)31-10-18-21(33-13(3)26)22(34-14(4)27)20(32-12(2)25)17(35-18)9-15(28)5-6-16-7-8-19(36-16)23(29)30/h5-8,17-18,20-22H,9-10H2,1-4H3/b6-5+/t17-,18+,20-,21+,22+/m0/s1. The van der Waals surface area contributed by atoms with E-state index in [1.54, 1.807) is 0 Å². The second-order valence-corrected chi connectivity index (χ2v) is 8.77. The van der Waals surface area contributed by atoms with E-state index in [1.807, 2.05) is 0 Å². The van der Waals surface area contributed by atoms with E-state index in [0.717, 1.165) is 39.0 Å². The Kier molecular flexibility index (Phi) is 10.2. The molecule has 13 nitrogen and oxygen atoms in total. The molecule has 1 aromatic heterocycles. The van der Waals surface area contributed by atoms with Crippen LogP contribution < -0.4 is 0 Å². The lowest BCUT2D eigenvalue weighted by atomic mass is 9.91. The zero-order chi connectivity index (χ0) is 27.0. The molecular weight excluding hydrogens is 502 g/mol. The van der Waals surface area contributed by atoms with Gasteiger partial charge in [0.1, 0.15) is 18.8 Å². The van der Waals surface area contributed by atoms with Crippen molar-refractivity contribution in [3.63, 3.8) is 0 Å². The molecule has 2 heterocycles. The number of hydrogen-bond donors (Lipinski definition) is 0.